The van der Waals surface area contributed by atoms with Gasteiger partial charge in [-0.3, -0.25) is 4.79 Å². The van der Waals surface area contributed by atoms with Gasteiger partial charge in [0.15, 0.2) is 0 Å². The van der Waals surface area contributed by atoms with E-state index in [0.29, 0.717) is 5.56 Å². The predicted molar refractivity (Wildman–Crippen MR) is 135 cm³/mol. The third kappa shape index (κ3) is 5.64. The topological polar surface area (TPSA) is 51.3 Å². The fraction of sp³-hybridized carbons (Fsp3) is 0.607. The number of hydrogen-bond donors (Lipinski definition) is 1. The lowest BCUT2D eigenvalue weighted by atomic mass is 9.86. The molecule has 0 saturated carbocycles. The molecule has 0 bridgehead atoms. The van der Waals surface area contributed by atoms with Crippen molar-refractivity contribution in [3.8, 4) is 11.1 Å². The molecule has 0 aliphatic carbocycles. The van der Waals surface area contributed by atoms with Gasteiger partial charge in [0.2, 0.25) is 0 Å². The number of carbonyl (C=O) groups is 1. The minimum atomic E-state index is -0.314. The second-order valence-electron chi connectivity index (χ2n) is 10.5. The second kappa shape index (κ2) is 10.7. The van der Waals surface area contributed by atoms with Gasteiger partial charge in [-0.15, -0.1) is 0 Å². The Morgan fingerprint density at radius 1 is 1.00 bits per heavy atom. The van der Waals surface area contributed by atoms with Gasteiger partial charge in [0.25, 0.3) is 5.91 Å². The van der Waals surface area contributed by atoms with E-state index in [-0.39, 0.29) is 11.3 Å². The molecule has 32 heavy (non-hydrogen) atoms. The van der Waals surface area contributed by atoms with Crippen molar-refractivity contribution in [3.05, 3.63) is 46.8 Å². The van der Waals surface area contributed by atoms with E-state index in [1.165, 1.54) is 56.5 Å². The maximum Gasteiger partial charge on any atom is 0.251 e. The molecule has 1 fully saturated rings. The van der Waals surface area contributed by atoms with Crippen molar-refractivity contribution in [2.45, 2.75) is 91.5 Å². The van der Waals surface area contributed by atoms with Crippen LogP contribution in [0.4, 0.5) is 0 Å². The summed E-state index contributed by atoms with van der Waals surface area (Å²) in [6, 6.07) is 8.77. The number of nitrogens with two attached hydrogens (primary N) is 1. The van der Waals surface area contributed by atoms with Crippen LogP contribution in [0.1, 0.15) is 93.5 Å². The average molecular weight is 438 g/mol. The highest BCUT2D eigenvalue weighted by Crippen LogP contribution is 2.35. The van der Waals surface area contributed by atoms with Crippen LogP contribution in [0.15, 0.2) is 24.3 Å². The SMILES string of the molecule is CCCCCc1c(-c2ccc(C(C)(C)C)cc2)c(C(N)=O)c(C)n1CCN1CCCCC1. The molecular weight excluding hydrogens is 394 g/mol. The number of aromatic nitrogens is 1. The standard InChI is InChI=1S/C28H43N3O/c1-6-7-9-12-24-26(22-13-15-23(16-14-22)28(3,4)5)25(27(29)32)21(2)31(24)20-19-30-17-10-8-11-18-30/h13-16H,6-12,17-20H2,1-5H3,(H2,29,32). The quantitative estimate of drug-likeness (QED) is 0.483. The first-order chi connectivity index (χ1) is 15.2. The predicted octanol–water partition coefficient (Wildman–Crippen LogP) is 6.08. The lowest BCUT2D eigenvalue weighted by molar-refractivity contribution is 0.1000. The summed E-state index contributed by atoms with van der Waals surface area (Å²) >= 11 is 0. The third-order valence-electron chi connectivity index (χ3n) is 7.02. The highest BCUT2D eigenvalue weighted by molar-refractivity contribution is 6.02. The Kier molecular flexibility index (Phi) is 8.21. The van der Waals surface area contributed by atoms with Gasteiger partial charge >= 0.3 is 0 Å². The highest BCUT2D eigenvalue weighted by atomic mass is 16.1. The Morgan fingerprint density at radius 3 is 2.22 bits per heavy atom. The van der Waals surface area contributed by atoms with E-state index in [2.05, 4.69) is 68.4 Å². The van der Waals surface area contributed by atoms with Crippen molar-refractivity contribution < 1.29 is 4.79 Å². The van der Waals surface area contributed by atoms with Crippen LogP contribution in [0.5, 0.6) is 0 Å². The van der Waals surface area contributed by atoms with Crippen molar-refractivity contribution in [3.63, 3.8) is 0 Å². The van der Waals surface area contributed by atoms with E-state index in [1.54, 1.807) is 0 Å². The summed E-state index contributed by atoms with van der Waals surface area (Å²) in [4.78, 5) is 15.2. The summed E-state index contributed by atoms with van der Waals surface area (Å²) in [5.41, 5.74) is 12.6. The second-order valence-corrected chi connectivity index (χ2v) is 10.5. The summed E-state index contributed by atoms with van der Waals surface area (Å²) in [6.07, 6.45) is 8.45. The molecule has 0 unspecified atom stereocenters. The molecule has 0 radical (unpaired) electrons. The monoisotopic (exact) mass is 437 g/mol. The minimum Gasteiger partial charge on any atom is -0.366 e. The van der Waals surface area contributed by atoms with Crippen LogP contribution >= 0.6 is 0 Å². The first-order valence-electron chi connectivity index (χ1n) is 12.6. The Balaban J connectivity index is 2.03. The molecule has 1 aliphatic heterocycles. The molecule has 1 aromatic carbocycles. The van der Waals surface area contributed by atoms with Gasteiger partial charge in [-0.25, -0.2) is 0 Å². The van der Waals surface area contributed by atoms with E-state index in [9.17, 15) is 4.79 Å². The van der Waals surface area contributed by atoms with Crippen molar-refractivity contribution in [2.75, 3.05) is 19.6 Å². The number of amides is 1. The summed E-state index contributed by atoms with van der Waals surface area (Å²) in [5.74, 6) is -0.314. The Morgan fingerprint density at radius 2 is 1.66 bits per heavy atom. The van der Waals surface area contributed by atoms with Gasteiger partial charge in [-0.05, 0) is 62.2 Å². The molecule has 4 nitrogen and oxygen atoms in total. The Labute approximate surface area is 195 Å². The number of hydrogen-bond acceptors (Lipinski definition) is 2. The minimum absolute atomic E-state index is 0.102. The third-order valence-corrected chi connectivity index (χ3v) is 7.02. The lowest BCUT2D eigenvalue weighted by Crippen LogP contribution is -2.33. The lowest BCUT2D eigenvalue weighted by Gasteiger charge is -2.27. The fourth-order valence-corrected chi connectivity index (χ4v) is 5.08. The molecule has 4 heteroatoms. The normalized spacial score (nSPS) is 15.3. The molecule has 2 heterocycles. The number of unbranched alkanes of at least 4 members (excludes halogenated alkanes) is 2. The molecule has 3 rings (SSSR count). The van der Waals surface area contributed by atoms with Gasteiger partial charge in [0.1, 0.15) is 0 Å². The smallest absolute Gasteiger partial charge is 0.251 e. The number of nitrogens with zero attached hydrogens (tertiary/aromatic N) is 2. The molecule has 0 spiro atoms. The Hall–Kier alpha value is -2.07. The van der Waals surface area contributed by atoms with Crippen molar-refractivity contribution in [1.82, 2.24) is 9.47 Å². The molecule has 1 amide bonds. The first kappa shape index (κ1) is 24.6. The molecule has 2 aromatic rings. The van der Waals surface area contributed by atoms with Crippen LogP contribution in [0.2, 0.25) is 0 Å². The number of benzene rings is 1. The summed E-state index contributed by atoms with van der Waals surface area (Å²) in [7, 11) is 0. The van der Waals surface area contributed by atoms with Crippen LogP contribution < -0.4 is 5.73 Å². The zero-order valence-electron chi connectivity index (χ0n) is 21.0. The molecule has 1 saturated heterocycles. The largest absolute Gasteiger partial charge is 0.366 e. The Bertz CT molecular complexity index is 896. The van der Waals surface area contributed by atoms with E-state index in [0.717, 1.165) is 42.8 Å². The number of rotatable bonds is 9. The van der Waals surface area contributed by atoms with Crippen LogP contribution in [-0.2, 0) is 18.4 Å². The maximum absolute atomic E-state index is 12.6. The van der Waals surface area contributed by atoms with E-state index >= 15 is 0 Å². The summed E-state index contributed by atoms with van der Waals surface area (Å²) < 4.78 is 2.40. The zero-order valence-corrected chi connectivity index (χ0v) is 21.0. The average Bonchev–Trinajstić information content (AvgIpc) is 3.04. The van der Waals surface area contributed by atoms with Gasteiger partial charge in [0.05, 0.1) is 5.56 Å². The van der Waals surface area contributed by atoms with E-state index in [4.69, 9.17) is 5.73 Å². The number of primary amides is 1. The van der Waals surface area contributed by atoms with Gasteiger partial charge in [0, 0.05) is 30.0 Å². The van der Waals surface area contributed by atoms with Crippen molar-refractivity contribution in [2.24, 2.45) is 5.73 Å². The van der Waals surface area contributed by atoms with Crippen LogP contribution in [0.3, 0.4) is 0 Å². The molecule has 176 valence electrons. The maximum atomic E-state index is 12.6. The number of likely N-dealkylation sites (tertiary alicyclic amines) is 1. The molecule has 0 atom stereocenters. The first-order valence-corrected chi connectivity index (χ1v) is 12.6. The van der Waals surface area contributed by atoms with Crippen LogP contribution in [-0.4, -0.2) is 35.0 Å². The van der Waals surface area contributed by atoms with E-state index < -0.39 is 0 Å². The number of carbonyl (C=O) groups excluding carboxylic acids is 1. The van der Waals surface area contributed by atoms with Crippen molar-refractivity contribution >= 4 is 5.91 Å². The highest BCUT2D eigenvalue weighted by Gasteiger charge is 2.25. The van der Waals surface area contributed by atoms with E-state index in [1.807, 2.05) is 0 Å². The van der Waals surface area contributed by atoms with Gasteiger partial charge in [-0.2, -0.15) is 0 Å². The van der Waals surface area contributed by atoms with Crippen molar-refractivity contribution in [1.29, 1.82) is 0 Å². The molecule has 1 aromatic heterocycles. The molecule has 1 aliphatic rings. The molecular formula is C28H43N3O. The van der Waals surface area contributed by atoms with Crippen LogP contribution in [0.25, 0.3) is 11.1 Å². The fourth-order valence-electron chi connectivity index (χ4n) is 5.08. The van der Waals surface area contributed by atoms with Crippen LogP contribution in [0, 0.1) is 6.92 Å². The van der Waals surface area contributed by atoms with Gasteiger partial charge in [-0.1, -0.05) is 71.2 Å². The zero-order chi connectivity index (χ0) is 23.3. The summed E-state index contributed by atoms with van der Waals surface area (Å²) in [5, 5.41) is 0. The van der Waals surface area contributed by atoms with Gasteiger partial charge < -0.3 is 15.2 Å². The number of piperidine rings is 1. The molecule has 2 N–H and O–H groups in total. The summed E-state index contributed by atoms with van der Waals surface area (Å²) in [6.45, 7) is 15.3.